The largest absolute Gasteiger partial charge is 0.481 e. The second-order valence-electron chi connectivity index (χ2n) is 4.58. The van der Waals surface area contributed by atoms with Gasteiger partial charge in [-0.25, -0.2) is 0 Å². The lowest BCUT2D eigenvalue weighted by molar-refractivity contribution is -0.122. The average molecular weight is 359 g/mol. The van der Waals surface area contributed by atoms with E-state index in [0.29, 0.717) is 32.9 Å². The summed E-state index contributed by atoms with van der Waals surface area (Å²) in [5.74, 6) is 0.301. The Bertz CT molecular complexity index is 659. The maximum atomic E-state index is 12.3. The van der Waals surface area contributed by atoms with Gasteiger partial charge in [0.2, 0.25) is 0 Å². The summed E-state index contributed by atoms with van der Waals surface area (Å²) in [6.45, 7) is 1.86. The molecule has 2 rings (SSSR count). The van der Waals surface area contributed by atoms with Crippen molar-refractivity contribution in [1.29, 1.82) is 0 Å². The molecule has 0 unspecified atom stereocenters. The fourth-order valence-electron chi connectivity index (χ4n) is 1.80. The van der Waals surface area contributed by atoms with E-state index in [0.717, 1.165) is 0 Å². The van der Waals surface area contributed by atoms with Crippen molar-refractivity contribution in [3.8, 4) is 5.75 Å². The van der Waals surface area contributed by atoms with Crippen LogP contribution in [0.3, 0.4) is 0 Å². The number of carbonyl (C=O) groups excluding carboxylic acids is 1. The number of halogens is 3. The maximum Gasteiger partial charge on any atom is 0.265 e. The van der Waals surface area contributed by atoms with Gasteiger partial charge in [-0.3, -0.25) is 4.79 Å². The number of hydrogen-bond acceptors (Lipinski definition) is 2. The lowest BCUT2D eigenvalue weighted by atomic mass is 10.2. The first-order chi connectivity index (χ1) is 10.5. The van der Waals surface area contributed by atoms with Gasteiger partial charge in [0.1, 0.15) is 5.75 Å². The summed E-state index contributed by atoms with van der Waals surface area (Å²) in [5.41, 5.74) is 0.495. The zero-order valence-electron chi connectivity index (χ0n) is 11.8. The molecule has 0 fully saturated rings. The molecular weight excluding hydrogens is 345 g/mol. The van der Waals surface area contributed by atoms with Crippen LogP contribution in [-0.2, 0) is 4.79 Å². The summed E-state index contributed by atoms with van der Waals surface area (Å²) in [6.07, 6.45) is -0.118. The topological polar surface area (TPSA) is 38.3 Å². The van der Waals surface area contributed by atoms with Crippen LogP contribution in [0.4, 0.5) is 5.69 Å². The molecular formula is C16H14Cl3NO2. The van der Waals surface area contributed by atoms with E-state index in [4.69, 9.17) is 39.5 Å². The summed E-state index contributed by atoms with van der Waals surface area (Å²) in [5, 5.41) is 4.23. The van der Waals surface area contributed by atoms with Gasteiger partial charge in [-0.05, 0) is 48.9 Å². The summed E-state index contributed by atoms with van der Waals surface area (Å²) in [7, 11) is 0. The highest BCUT2D eigenvalue weighted by Crippen LogP contribution is 2.26. The van der Waals surface area contributed by atoms with E-state index in [-0.39, 0.29) is 5.91 Å². The fourth-order valence-corrected chi connectivity index (χ4v) is 2.39. The third-order valence-corrected chi connectivity index (χ3v) is 3.74. The number of carbonyl (C=O) groups is 1. The molecule has 0 saturated carbocycles. The van der Waals surface area contributed by atoms with Gasteiger partial charge in [0.25, 0.3) is 5.91 Å². The molecule has 3 nitrogen and oxygen atoms in total. The number of ether oxygens (including phenoxy) is 1. The van der Waals surface area contributed by atoms with E-state index in [1.165, 1.54) is 0 Å². The number of amides is 1. The Hall–Kier alpha value is -1.42. The third-order valence-electron chi connectivity index (χ3n) is 2.94. The fraction of sp³-hybridized carbons (Fsp3) is 0.188. The number of rotatable bonds is 5. The Morgan fingerprint density at radius 2 is 1.73 bits per heavy atom. The SMILES string of the molecule is CC[C@@H](Oc1ccc(Cl)cc1)C(=O)Nc1ccc(Cl)cc1Cl. The normalized spacial score (nSPS) is 11.8. The zero-order valence-corrected chi connectivity index (χ0v) is 14.0. The summed E-state index contributed by atoms with van der Waals surface area (Å²) < 4.78 is 5.68. The van der Waals surface area contributed by atoms with Crippen molar-refractivity contribution >= 4 is 46.4 Å². The van der Waals surface area contributed by atoms with Crippen LogP contribution in [0.25, 0.3) is 0 Å². The van der Waals surface area contributed by atoms with Crippen LogP contribution in [0.2, 0.25) is 15.1 Å². The molecule has 0 aliphatic rings. The second-order valence-corrected chi connectivity index (χ2v) is 5.86. The van der Waals surface area contributed by atoms with Gasteiger partial charge >= 0.3 is 0 Å². The molecule has 22 heavy (non-hydrogen) atoms. The number of benzene rings is 2. The van der Waals surface area contributed by atoms with E-state index in [1.807, 2.05) is 6.92 Å². The minimum atomic E-state index is -0.632. The summed E-state index contributed by atoms with van der Waals surface area (Å²) in [4.78, 5) is 12.3. The molecule has 1 atom stereocenters. The van der Waals surface area contributed by atoms with Gasteiger partial charge in [0.05, 0.1) is 10.7 Å². The van der Waals surface area contributed by atoms with Crippen LogP contribution in [0, 0.1) is 0 Å². The highest BCUT2D eigenvalue weighted by Gasteiger charge is 2.19. The van der Waals surface area contributed by atoms with Crippen LogP contribution < -0.4 is 10.1 Å². The van der Waals surface area contributed by atoms with Crippen LogP contribution >= 0.6 is 34.8 Å². The Morgan fingerprint density at radius 1 is 1.09 bits per heavy atom. The minimum Gasteiger partial charge on any atom is -0.481 e. The quantitative estimate of drug-likeness (QED) is 0.772. The second kappa shape index (κ2) is 7.73. The number of nitrogens with one attached hydrogen (secondary N) is 1. The molecule has 1 N–H and O–H groups in total. The standard InChI is InChI=1S/C16H14Cl3NO2/c1-2-15(22-12-6-3-10(17)4-7-12)16(21)20-14-8-5-11(18)9-13(14)19/h3-9,15H,2H2,1H3,(H,20,21)/t15-/m1/s1. The van der Waals surface area contributed by atoms with Gasteiger partial charge < -0.3 is 10.1 Å². The van der Waals surface area contributed by atoms with Crippen molar-refractivity contribution in [2.75, 3.05) is 5.32 Å². The van der Waals surface area contributed by atoms with Crippen molar-refractivity contribution in [2.24, 2.45) is 0 Å². The van der Waals surface area contributed by atoms with E-state index in [1.54, 1.807) is 42.5 Å². The molecule has 2 aromatic rings. The molecule has 0 aliphatic carbocycles. The van der Waals surface area contributed by atoms with Crippen molar-refractivity contribution < 1.29 is 9.53 Å². The first-order valence-corrected chi connectivity index (χ1v) is 7.81. The summed E-state index contributed by atoms with van der Waals surface area (Å²) in [6, 6.07) is 11.7. The zero-order chi connectivity index (χ0) is 16.1. The first-order valence-electron chi connectivity index (χ1n) is 6.67. The Balaban J connectivity index is 2.06. The Labute approximate surface area is 144 Å². The highest BCUT2D eigenvalue weighted by atomic mass is 35.5. The van der Waals surface area contributed by atoms with E-state index in [9.17, 15) is 4.79 Å². The van der Waals surface area contributed by atoms with Crippen LogP contribution in [0.5, 0.6) is 5.75 Å². The molecule has 0 bridgehead atoms. The van der Waals surface area contributed by atoms with Gasteiger partial charge in [-0.1, -0.05) is 41.7 Å². The molecule has 0 aliphatic heterocycles. The van der Waals surface area contributed by atoms with Gasteiger partial charge in [0.15, 0.2) is 6.10 Å². The number of anilines is 1. The molecule has 116 valence electrons. The third kappa shape index (κ3) is 4.54. The molecule has 0 spiro atoms. The first kappa shape index (κ1) is 16.9. The lowest BCUT2D eigenvalue weighted by Gasteiger charge is -2.18. The van der Waals surface area contributed by atoms with Gasteiger partial charge in [-0.2, -0.15) is 0 Å². The Morgan fingerprint density at radius 3 is 2.32 bits per heavy atom. The molecule has 0 aromatic heterocycles. The summed E-state index contributed by atoms with van der Waals surface area (Å²) >= 11 is 17.7. The highest BCUT2D eigenvalue weighted by molar-refractivity contribution is 6.36. The Kier molecular flexibility index (Phi) is 5.95. The predicted molar refractivity (Wildman–Crippen MR) is 91.3 cm³/mol. The average Bonchev–Trinajstić information content (AvgIpc) is 2.49. The molecule has 6 heteroatoms. The monoisotopic (exact) mass is 357 g/mol. The van der Waals surface area contributed by atoms with Crippen LogP contribution in [-0.4, -0.2) is 12.0 Å². The van der Waals surface area contributed by atoms with Crippen molar-refractivity contribution in [3.63, 3.8) is 0 Å². The molecule has 0 saturated heterocycles. The molecule has 1 amide bonds. The van der Waals surface area contributed by atoms with Crippen LogP contribution in [0.15, 0.2) is 42.5 Å². The molecule has 0 heterocycles. The lowest BCUT2D eigenvalue weighted by Crippen LogP contribution is -2.32. The van der Waals surface area contributed by atoms with E-state index < -0.39 is 6.10 Å². The van der Waals surface area contributed by atoms with E-state index >= 15 is 0 Å². The van der Waals surface area contributed by atoms with Crippen molar-refractivity contribution in [1.82, 2.24) is 0 Å². The van der Waals surface area contributed by atoms with Gasteiger partial charge in [0, 0.05) is 10.0 Å². The van der Waals surface area contributed by atoms with Crippen molar-refractivity contribution in [2.45, 2.75) is 19.4 Å². The molecule has 0 radical (unpaired) electrons. The maximum absolute atomic E-state index is 12.3. The van der Waals surface area contributed by atoms with Crippen LogP contribution in [0.1, 0.15) is 13.3 Å². The van der Waals surface area contributed by atoms with Gasteiger partial charge in [-0.15, -0.1) is 0 Å². The number of hydrogen-bond donors (Lipinski definition) is 1. The van der Waals surface area contributed by atoms with E-state index in [2.05, 4.69) is 5.32 Å². The van der Waals surface area contributed by atoms with Crippen molar-refractivity contribution in [3.05, 3.63) is 57.5 Å². The molecule has 2 aromatic carbocycles. The minimum absolute atomic E-state index is 0.276. The smallest absolute Gasteiger partial charge is 0.265 e. The predicted octanol–water partition coefficient (Wildman–Crippen LogP) is 5.44.